The maximum absolute atomic E-state index is 11.9. The molecule has 1 amide bonds. The number of aliphatic hydroxyl groups is 1. The van der Waals surface area contributed by atoms with E-state index in [1.807, 2.05) is 27.7 Å². The predicted molar refractivity (Wildman–Crippen MR) is 78.8 cm³/mol. The van der Waals surface area contributed by atoms with Crippen LogP contribution in [0.1, 0.15) is 47.0 Å². The summed E-state index contributed by atoms with van der Waals surface area (Å²) in [5.74, 6) is 0. The van der Waals surface area contributed by atoms with Gasteiger partial charge in [0, 0.05) is 19.4 Å². The van der Waals surface area contributed by atoms with Crippen molar-refractivity contribution in [1.29, 1.82) is 0 Å². The van der Waals surface area contributed by atoms with E-state index in [4.69, 9.17) is 14.0 Å². The summed E-state index contributed by atoms with van der Waals surface area (Å²) < 4.78 is 16.6. The molecule has 2 heterocycles. The molecule has 2 aliphatic rings. The Morgan fingerprint density at radius 1 is 1.19 bits per heavy atom. The van der Waals surface area contributed by atoms with Crippen molar-refractivity contribution in [2.75, 3.05) is 13.1 Å². The van der Waals surface area contributed by atoms with Crippen LogP contribution in [0.25, 0.3) is 0 Å². The Bertz CT molecular complexity index is 366. The van der Waals surface area contributed by atoms with Crippen molar-refractivity contribution in [3.8, 4) is 0 Å². The van der Waals surface area contributed by atoms with Gasteiger partial charge >= 0.3 is 13.2 Å². The van der Waals surface area contributed by atoms with Crippen molar-refractivity contribution >= 4 is 13.2 Å². The minimum atomic E-state index is -1.21. The number of likely N-dealkylation sites (tertiary alicyclic amines) is 1. The van der Waals surface area contributed by atoms with Crippen LogP contribution in [0.3, 0.4) is 0 Å². The Morgan fingerprint density at radius 2 is 1.71 bits per heavy atom. The van der Waals surface area contributed by atoms with Gasteiger partial charge in [0.1, 0.15) is 0 Å². The van der Waals surface area contributed by atoms with Gasteiger partial charge in [0.2, 0.25) is 6.29 Å². The van der Waals surface area contributed by atoms with Gasteiger partial charge in [-0.2, -0.15) is 0 Å². The summed E-state index contributed by atoms with van der Waals surface area (Å²) in [7, 11) is -0.570. The Hall–Kier alpha value is -0.785. The first kappa shape index (κ1) is 16.6. The number of carbonyl (C=O) groups is 1. The van der Waals surface area contributed by atoms with Crippen LogP contribution >= 0.6 is 0 Å². The molecule has 0 aromatic carbocycles. The molecule has 2 rings (SSSR count). The second-order valence-electron chi connectivity index (χ2n) is 6.81. The van der Waals surface area contributed by atoms with E-state index in [1.54, 1.807) is 4.90 Å². The Balaban J connectivity index is 1.80. The molecule has 7 heteroatoms. The van der Waals surface area contributed by atoms with Crippen molar-refractivity contribution in [3.63, 3.8) is 0 Å². The van der Waals surface area contributed by atoms with Crippen molar-refractivity contribution in [2.45, 2.75) is 70.8 Å². The third-order valence-electron chi connectivity index (χ3n) is 4.55. The number of hydrogen-bond acceptors (Lipinski definition) is 5. The number of hydrogen-bond donors (Lipinski definition) is 1. The molecule has 1 atom stereocenters. The highest BCUT2D eigenvalue weighted by molar-refractivity contribution is 6.45. The number of rotatable bonds is 3. The highest BCUT2D eigenvalue weighted by Crippen LogP contribution is 2.38. The van der Waals surface area contributed by atoms with Gasteiger partial charge in [-0.3, -0.25) is 0 Å². The number of carbonyl (C=O) groups excluding carboxylic acids is 1. The van der Waals surface area contributed by atoms with Gasteiger partial charge in [-0.05, 0) is 47.0 Å². The lowest BCUT2D eigenvalue weighted by atomic mass is 9.84. The maximum atomic E-state index is 11.9. The summed E-state index contributed by atoms with van der Waals surface area (Å²) in [6, 6.07) is 0. The molecule has 0 aromatic rings. The number of ether oxygens (including phenoxy) is 1. The largest absolute Gasteiger partial charge is 0.464 e. The molecule has 2 saturated heterocycles. The molecule has 1 N–H and O–H groups in total. The van der Waals surface area contributed by atoms with E-state index in [0.29, 0.717) is 13.1 Å². The van der Waals surface area contributed by atoms with Crippen molar-refractivity contribution in [3.05, 3.63) is 0 Å². The number of piperidine rings is 1. The first-order valence-electron chi connectivity index (χ1n) is 7.70. The van der Waals surface area contributed by atoms with Gasteiger partial charge in [-0.1, -0.05) is 0 Å². The molecular weight excluding hydrogens is 273 g/mol. The summed E-state index contributed by atoms with van der Waals surface area (Å²) in [6.07, 6.45) is 1.56. The lowest BCUT2D eigenvalue weighted by molar-refractivity contribution is -0.0554. The van der Waals surface area contributed by atoms with Crippen LogP contribution in [0.4, 0.5) is 4.79 Å². The van der Waals surface area contributed by atoms with E-state index in [1.165, 1.54) is 0 Å². The van der Waals surface area contributed by atoms with E-state index in [0.717, 1.165) is 19.3 Å². The minimum absolute atomic E-state index is 0.118. The summed E-state index contributed by atoms with van der Waals surface area (Å²) in [4.78, 5) is 13.5. The molecule has 1 unspecified atom stereocenters. The van der Waals surface area contributed by atoms with E-state index in [-0.39, 0.29) is 6.32 Å². The standard InChI is InChI=1S/C14H26BNO5/c1-13(2)14(3,4)21-15(20-13)10-11(17)19-12(18)16-8-6-5-7-9-16/h11,17H,5-10H2,1-4H3. The zero-order chi connectivity index (χ0) is 15.7. The van der Waals surface area contributed by atoms with Crippen LogP contribution in [0, 0.1) is 0 Å². The monoisotopic (exact) mass is 299 g/mol. The summed E-state index contributed by atoms with van der Waals surface area (Å²) in [5, 5.41) is 9.92. The Labute approximate surface area is 126 Å². The van der Waals surface area contributed by atoms with Gasteiger partial charge in [0.05, 0.1) is 11.2 Å². The normalized spacial score (nSPS) is 25.8. The zero-order valence-corrected chi connectivity index (χ0v) is 13.4. The molecule has 2 fully saturated rings. The molecule has 2 aliphatic heterocycles. The van der Waals surface area contributed by atoms with Crippen molar-refractivity contribution < 1.29 is 23.9 Å². The van der Waals surface area contributed by atoms with E-state index >= 15 is 0 Å². The fraction of sp³-hybridized carbons (Fsp3) is 0.929. The van der Waals surface area contributed by atoms with Crippen LogP contribution in [0.2, 0.25) is 6.32 Å². The van der Waals surface area contributed by atoms with Crippen LogP contribution in [-0.4, -0.2) is 53.8 Å². The number of aliphatic hydroxyl groups excluding tert-OH is 1. The maximum Gasteiger partial charge on any atom is 0.464 e. The Morgan fingerprint density at radius 3 is 2.24 bits per heavy atom. The number of nitrogens with zero attached hydrogens (tertiary/aromatic N) is 1. The summed E-state index contributed by atoms with van der Waals surface area (Å²) in [6.45, 7) is 9.17. The van der Waals surface area contributed by atoms with Crippen LogP contribution in [-0.2, 0) is 14.0 Å². The van der Waals surface area contributed by atoms with Crippen LogP contribution < -0.4 is 0 Å². The molecule has 0 radical (unpaired) electrons. The quantitative estimate of drug-likeness (QED) is 0.638. The topological polar surface area (TPSA) is 68.2 Å². The molecule has 0 aromatic heterocycles. The molecule has 0 aliphatic carbocycles. The third-order valence-corrected chi connectivity index (χ3v) is 4.55. The van der Waals surface area contributed by atoms with E-state index < -0.39 is 30.7 Å². The zero-order valence-electron chi connectivity index (χ0n) is 13.4. The summed E-state index contributed by atoms with van der Waals surface area (Å²) in [5.41, 5.74) is -0.900. The second-order valence-corrected chi connectivity index (χ2v) is 6.81. The average molecular weight is 299 g/mol. The van der Waals surface area contributed by atoms with E-state index in [9.17, 15) is 9.90 Å². The van der Waals surface area contributed by atoms with Gasteiger partial charge in [0.25, 0.3) is 0 Å². The fourth-order valence-electron chi connectivity index (χ4n) is 2.54. The first-order chi connectivity index (χ1) is 9.71. The molecule has 21 heavy (non-hydrogen) atoms. The molecule has 0 bridgehead atoms. The van der Waals surface area contributed by atoms with E-state index in [2.05, 4.69) is 0 Å². The molecule has 120 valence electrons. The van der Waals surface area contributed by atoms with Gasteiger partial charge in [-0.15, -0.1) is 0 Å². The fourth-order valence-corrected chi connectivity index (χ4v) is 2.54. The first-order valence-corrected chi connectivity index (χ1v) is 7.70. The van der Waals surface area contributed by atoms with Gasteiger partial charge in [-0.25, -0.2) is 4.79 Å². The molecular formula is C14H26BNO5. The highest BCUT2D eigenvalue weighted by Gasteiger charge is 2.51. The average Bonchev–Trinajstić information content (AvgIpc) is 2.57. The Kier molecular flexibility index (Phi) is 4.85. The predicted octanol–water partition coefficient (Wildman–Crippen LogP) is 2.02. The second kappa shape index (κ2) is 6.14. The molecule has 6 nitrogen and oxygen atoms in total. The smallest absolute Gasteiger partial charge is 0.420 e. The SMILES string of the molecule is CC1(C)OB(CC(O)OC(=O)N2CCCCC2)OC1(C)C. The number of amides is 1. The highest BCUT2D eigenvalue weighted by atomic mass is 16.7. The van der Waals surface area contributed by atoms with Crippen molar-refractivity contribution in [2.24, 2.45) is 0 Å². The molecule has 0 spiro atoms. The lowest BCUT2D eigenvalue weighted by Crippen LogP contribution is -2.41. The van der Waals surface area contributed by atoms with Gasteiger partial charge < -0.3 is 24.1 Å². The van der Waals surface area contributed by atoms with Crippen molar-refractivity contribution in [1.82, 2.24) is 4.90 Å². The van der Waals surface area contributed by atoms with Crippen LogP contribution in [0.5, 0.6) is 0 Å². The third kappa shape index (κ3) is 3.90. The van der Waals surface area contributed by atoms with Crippen LogP contribution in [0.15, 0.2) is 0 Å². The summed E-state index contributed by atoms with van der Waals surface area (Å²) >= 11 is 0. The lowest BCUT2D eigenvalue weighted by Gasteiger charge is -2.32. The minimum Gasteiger partial charge on any atom is -0.420 e. The van der Waals surface area contributed by atoms with Gasteiger partial charge in [0.15, 0.2) is 0 Å². The molecule has 0 saturated carbocycles.